The molecule has 140 valence electrons. The third kappa shape index (κ3) is 2.99. The SMILES string of the molecule is Cc1ccc(N2Cc3ccc(CNC(=O)C45CCCCC4C5)cc3C2)nn1. The molecule has 2 saturated carbocycles. The Labute approximate surface area is 160 Å². The van der Waals surface area contributed by atoms with Crippen molar-refractivity contribution in [2.24, 2.45) is 11.3 Å². The summed E-state index contributed by atoms with van der Waals surface area (Å²) in [6.07, 6.45) is 5.94. The van der Waals surface area contributed by atoms with Crippen LogP contribution < -0.4 is 10.2 Å². The predicted molar refractivity (Wildman–Crippen MR) is 104 cm³/mol. The van der Waals surface area contributed by atoms with Crippen LogP contribution in [-0.2, 0) is 24.4 Å². The standard InChI is InChI=1S/C22H26N4O/c1-15-5-8-20(25-24-15)26-13-17-7-6-16(10-18(17)14-26)12-23-21(27)22-9-3-2-4-19(22)11-22/h5-8,10,19H,2-4,9,11-14H2,1H3,(H,23,27). The van der Waals surface area contributed by atoms with Gasteiger partial charge >= 0.3 is 0 Å². The van der Waals surface area contributed by atoms with E-state index in [9.17, 15) is 4.79 Å². The number of carbonyl (C=O) groups excluding carboxylic acids is 1. The summed E-state index contributed by atoms with van der Waals surface area (Å²) < 4.78 is 0. The van der Waals surface area contributed by atoms with E-state index in [1.54, 1.807) is 0 Å². The molecular formula is C22H26N4O. The minimum Gasteiger partial charge on any atom is -0.352 e. The van der Waals surface area contributed by atoms with Crippen LogP contribution in [0.4, 0.5) is 5.82 Å². The van der Waals surface area contributed by atoms with Gasteiger partial charge in [-0.25, -0.2) is 0 Å². The van der Waals surface area contributed by atoms with Crippen molar-refractivity contribution in [3.63, 3.8) is 0 Å². The van der Waals surface area contributed by atoms with Crippen LogP contribution in [0.15, 0.2) is 30.3 Å². The minimum absolute atomic E-state index is 0.0180. The van der Waals surface area contributed by atoms with E-state index in [4.69, 9.17) is 0 Å². The summed E-state index contributed by atoms with van der Waals surface area (Å²) in [6, 6.07) is 10.6. The first-order chi connectivity index (χ1) is 13.1. The number of nitrogens with zero attached hydrogens (tertiary/aromatic N) is 3. The van der Waals surface area contributed by atoms with Gasteiger partial charge in [-0.1, -0.05) is 31.0 Å². The van der Waals surface area contributed by atoms with Crippen molar-refractivity contribution < 1.29 is 4.79 Å². The molecule has 0 spiro atoms. The molecule has 1 aliphatic heterocycles. The van der Waals surface area contributed by atoms with Crippen LogP contribution in [0.1, 0.15) is 54.5 Å². The summed E-state index contributed by atoms with van der Waals surface area (Å²) in [7, 11) is 0. The van der Waals surface area contributed by atoms with E-state index in [-0.39, 0.29) is 11.3 Å². The number of fused-ring (bicyclic) bond motifs is 2. The van der Waals surface area contributed by atoms with Crippen LogP contribution in [0.5, 0.6) is 0 Å². The molecule has 5 heteroatoms. The van der Waals surface area contributed by atoms with Crippen LogP contribution in [0.25, 0.3) is 0 Å². The zero-order valence-corrected chi connectivity index (χ0v) is 15.9. The Hall–Kier alpha value is -2.43. The van der Waals surface area contributed by atoms with Gasteiger partial charge in [-0.05, 0) is 60.9 Å². The Balaban J connectivity index is 1.23. The van der Waals surface area contributed by atoms with Gasteiger partial charge in [0, 0.05) is 19.6 Å². The number of hydrogen-bond donors (Lipinski definition) is 1. The molecule has 3 aliphatic rings. The summed E-state index contributed by atoms with van der Waals surface area (Å²) in [5.41, 5.74) is 4.76. The minimum atomic E-state index is -0.0180. The highest BCUT2D eigenvalue weighted by molar-refractivity contribution is 5.86. The number of aryl methyl sites for hydroxylation is 1. The van der Waals surface area contributed by atoms with Gasteiger partial charge in [0.25, 0.3) is 0 Å². The number of hydrogen-bond acceptors (Lipinski definition) is 4. The summed E-state index contributed by atoms with van der Waals surface area (Å²) >= 11 is 0. The van der Waals surface area contributed by atoms with Crippen LogP contribution >= 0.6 is 0 Å². The summed E-state index contributed by atoms with van der Waals surface area (Å²) in [6.45, 7) is 4.29. The molecule has 0 saturated heterocycles. The normalized spacial score (nSPS) is 25.7. The molecular weight excluding hydrogens is 336 g/mol. The Morgan fingerprint density at radius 2 is 2.07 bits per heavy atom. The molecule has 2 atom stereocenters. The lowest BCUT2D eigenvalue weighted by Gasteiger charge is -2.21. The van der Waals surface area contributed by atoms with E-state index in [0.717, 1.165) is 37.4 Å². The zero-order valence-electron chi connectivity index (χ0n) is 15.9. The van der Waals surface area contributed by atoms with Crippen LogP contribution in [0, 0.1) is 18.3 Å². The van der Waals surface area contributed by atoms with Crippen molar-refractivity contribution in [3.8, 4) is 0 Å². The molecule has 27 heavy (non-hydrogen) atoms. The molecule has 2 aromatic rings. The molecule has 1 aromatic carbocycles. The molecule has 1 N–H and O–H groups in total. The number of aromatic nitrogens is 2. The zero-order chi connectivity index (χ0) is 18.4. The molecule has 5 rings (SSSR count). The maximum atomic E-state index is 12.7. The van der Waals surface area contributed by atoms with Gasteiger partial charge in [0.15, 0.2) is 5.82 Å². The van der Waals surface area contributed by atoms with E-state index < -0.39 is 0 Å². The Morgan fingerprint density at radius 3 is 2.89 bits per heavy atom. The fourth-order valence-electron chi connectivity index (χ4n) is 4.93. The number of benzene rings is 1. The fourth-order valence-corrected chi connectivity index (χ4v) is 4.93. The van der Waals surface area contributed by atoms with Gasteiger partial charge in [0.1, 0.15) is 0 Å². The van der Waals surface area contributed by atoms with E-state index in [1.807, 2.05) is 19.1 Å². The first-order valence-corrected chi connectivity index (χ1v) is 10.1. The number of rotatable bonds is 4. The van der Waals surface area contributed by atoms with Gasteiger partial charge in [0.05, 0.1) is 11.1 Å². The number of amides is 1. The predicted octanol–water partition coefficient (Wildman–Crippen LogP) is 3.50. The molecule has 1 aromatic heterocycles. The molecule has 0 radical (unpaired) electrons. The molecule has 0 bridgehead atoms. The van der Waals surface area contributed by atoms with E-state index >= 15 is 0 Å². The molecule has 2 fully saturated rings. The lowest BCUT2D eigenvalue weighted by atomic mass is 9.87. The third-order valence-corrected chi connectivity index (χ3v) is 6.66. The average Bonchev–Trinajstić information content (AvgIpc) is 3.30. The quantitative estimate of drug-likeness (QED) is 0.904. The highest BCUT2D eigenvalue weighted by Gasteiger charge is 2.59. The van der Waals surface area contributed by atoms with E-state index in [2.05, 4.69) is 38.6 Å². The second-order valence-electron chi connectivity index (χ2n) is 8.48. The maximum absolute atomic E-state index is 12.7. The Morgan fingerprint density at radius 1 is 1.19 bits per heavy atom. The van der Waals surface area contributed by atoms with Crippen LogP contribution in [-0.4, -0.2) is 16.1 Å². The monoisotopic (exact) mass is 362 g/mol. The van der Waals surface area contributed by atoms with Crippen molar-refractivity contribution in [1.29, 1.82) is 0 Å². The van der Waals surface area contributed by atoms with Crippen molar-refractivity contribution in [1.82, 2.24) is 15.5 Å². The molecule has 5 nitrogen and oxygen atoms in total. The van der Waals surface area contributed by atoms with E-state index in [0.29, 0.717) is 12.5 Å². The van der Waals surface area contributed by atoms with Gasteiger partial charge < -0.3 is 10.2 Å². The summed E-state index contributed by atoms with van der Waals surface area (Å²) in [5.74, 6) is 1.85. The topological polar surface area (TPSA) is 58.1 Å². The van der Waals surface area contributed by atoms with Crippen molar-refractivity contribution in [2.75, 3.05) is 4.90 Å². The first kappa shape index (κ1) is 16.7. The van der Waals surface area contributed by atoms with Crippen molar-refractivity contribution >= 4 is 11.7 Å². The van der Waals surface area contributed by atoms with Crippen LogP contribution in [0.3, 0.4) is 0 Å². The first-order valence-electron chi connectivity index (χ1n) is 10.1. The van der Waals surface area contributed by atoms with Crippen molar-refractivity contribution in [2.45, 2.75) is 58.7 Å². The lowest BCUT2D eigenvalue weighted by Crippen LogP contribution is -2.34. The number of anilines is 1. The van der Waals surface area contributed by atoms with E-state index in [1.165, 1.54) is 36.0 Å². The number of carbonyl (C=O) groups is 1. The molecule has 2 heterocycles. The Bertz CT molecular complexity index is 878. The fraction of sp³-hybridized carbons (Fsp3) is 0.500. The lowest BCUT2D eigenvalue weighted by molar-refractivity contribution is -0.127. The smallest absolute Gasteiger partial charge is 0.226 e. The van der Waals surface area contributed by atoms with Crippen LogP contribution in [0.2, 0.25) is 0 Å². The highest BCUT2D eigenvalue weighted by Crippen LogP contribution is 2.61. The van der Waals surface area contributed by atoms with Gasteiger partial charge in [-0.15, -0.1) is 5.10 Å². The molecule has 1 amide bonds. The summed E-state index contributed by atoms with van der Waals surface area (Å²) in [4.78, 5) is 14.9. The van der Waals surface area contributed by atoms with Gasteiger partial charge in [-0.2, -0.15) is 5.10 Å². The molecule has 2 aliphatic carbocycles. The average molecular weight is 362 g/mol. The van der Waals surface area contributed by atoms with Gasteiger partial charge in [0.2, 0.25) is 5.91 Å². The molecule has 2 unspecified atom stereocenters. The summed E-state index contributed by atoms with van der Waals surface area (Å²) in [5, 5.41) is 11.7. The van der Waals surface area contributed by atoms with Crippen molar-refractivity contribution in [3.05, 3.63) is 52.7 Å². The number of nitrogens with one attached hydrogen (secondary N) is 1. The second-order valence-corrected chi connectivity index (χ2v) is 8.48. The largest absolute Gasteiger partial charge is 0.352 e. The van der Waals surface area contributed by atoms with Gasteiger partial charge in [-0.3, -0.25) is 4.79 Å². The maximum Gasteiger partial charge on any atom is 0.226 e. The highest BCUT2D eigenvalue weighted by atomic mass is 16.2. The Kier molecular flexibility index (Phi) is 3.92. The third-order valence-electron chi connectivity index (χ3n) is 6.66. The second kappa shape index (κ2) is 6.32.